The number of rotatable bonds is 4. The molecule has 0 aliphatic carbocycles. The van der Waals surface area contributed by atoms with Crippen molar-refractivity contribution in [2.24, 2.45) is 0 Å². The van der Waals surface area contributed by atoms with Gasteiger partial charge >= 0.3 is 5.63 Å². The number of nitrogen functional groups attached to an aromatic ring is 1. The van der Waals surface area contributed by atoms with Crippen molar-refractivity contribution in [1.29, 1.82) is 5.26 Å². The number of nitrogens with zero attached hydrogens (tertiary/aromatic N) is 2. The van der Waals surface area contributed by atoms with Gasteiger partial charge in [0, 0.05) is 28.3 Å². The number of nitrogens with one attached hydrogen (secondary N) is 1. The van der Waals surface area contributed by atoms with Gasteiger partial charge < -0.3 is 15.5 Å². The van der Waals surface area contributed by atoms with E-state index < -0.39 is 5.63 Å². The fraction of sp³-hybridized carbons (Fsp3) is 0. The van der Waals surface area contributed by atoms with Crippen molar-refractivity contribution < 1.29 is 4.42 Å². The van der Waals surface area contributed by atoms with Crippen molar-refractivity contribution >= 4 is 28.2 Å². The molecule has 33 heavy (non-hydrogen) atoms. The normalized spacial score (nSPS) is 10.6. The first kappa shape index (κ1) is 20.0. The second kappa shape index (κ2) is 8.33. The molecule has 5 rings (SSSR count). The highest BCUT2D eigenvalue weighted by atomic mass is 16.4. The Labute approximate surface area is 189 Å². The Hall–Kier alpha value is -4.89. The summed E-state index contributed by atoms with van der Waals surface area (Å²) in [4.78, 5) is 16.4. The molecule has 0 aliphatic rings. The monoisotopic (exact) mass is 430 g/mol. The zero-order valence-electron chi connectivity index (χ0n) is 17.4. The van der Waals surface area contributed by atoms with Crippen LogP contribution >= 0.6 is 0 Å². The maximum Gasteiger partial charge on any atom is 0.338 e. The van der Waals surface area contributed by atoms with Crippen LogP contribution in [0.4, 0.5) is 17.2 Å². The van der Waals surface area contributed by atoms with E-state index in [1.807, 2.05) is 78.9 Å². The topological polar surface area (TPSA) is 105 Å². The Kier molecular flexibility index (Phi) is 5.06. The molecule has 0 amide bonds. The van der Waals surface area contributed by atoms with Crippen molar-refractivity contribution in [3.8, 4) is 28.5 Å². The van der Waals surface area contributed by atoms with Gasteiger partial charge in [-0.05, 0) is 35.9 Å². The van der Waals surface area contributed by atoms with E-state index in [-0.39, 0.29) is 5.82 Å². The number of pyridine rings is 1. The highest BCUT2D eigenvalue weighted by molar-refractivity contribution is 5.91. The number of fused-ring (bicyclic) bond motifs is 1. The fourth-order valence-corrected chi connectivity index (χ4v) is 3.77. The van der Waals surface area contributed by atoms with Crippen molar-refractivity contribution in [3.05, 3.63) is 107 Å². The Bertz CT molecular complexity index is 1570. The molecule has 158 valence electrons. The van der Waals surface area contributed by atoms with E-state index in [4.69, 9.17) is 10.2 Å². The predicted octanol–water partition coefficient (Wildman–Crippen LogP) is 5.72. The van der Waals surface area contributed by atoms with Crippen molar-refractivity contribution in [2.75, 3.05) is 11.1 Å². The van der Waals surface area contributed by atoms with E-state index in [1.54, 1.807) is 6.07 Å². The van der Waals surface area contributed by atoms with Crippen LogP contribution in [0.1, 0.15) is 5.56 Å². The Balaban J connectivity index is 1.51. The summed E-state index contributed by atoms with van der Waals surface area (Å²) in [6, 6.07) is 30.1. The number of benzene rings is 3. The van der Waals surface area contributed by atoms with Crippen LogP contribution in [-0.4, -0.2) is 4.98 Å². The Morgan fingerprint density at radius 1 is 0.879 bits per heavy atom. The van der Waals surface area contributed by atoms with Gasteiger partial charge in [0.05, 0.1) is 11.4 Å². The van der Waals surface area contributed by atoms with Gasteiger partial charge in [-0.1, -0.05) is 54.6 Å². The van der Waals surface area contributed by atoms with Gasteiger partial charge in [-0.25, -0.2) is 9.78 Å². The molecule has 0 saturated carbocycles. The van der Waals surface area contributed by atoms with Crippen LogP contribution in [0.15, 0.2) is 100 Å². The van der Waals surface area contributed by atoms with Gasteiger partial charge in [0.1, 0.15) is 23.0 Å². The summed E-state index contributed by atoms with van der Waals surface area (Å²) in [5.41, 5.74) is 11.2. The molecule has 0 saturated heterocycles. The second-order valence-corrected chi connectivity index (χ2v) is 7.47. The molecule has 5 aromatic rings. The van der Waals surface area contributed by atoms with Gasteiger partial charge in [-0.2, -0.15) is 5.26 Å². The van der Waals surface area contributed by atoms with Crippen molar-refractivity contribution in [3.63, 3.8) is 0 Å². The molecule has 0 atom stereocenters. The van der Waals surface area contributed by atoms with E-state index >= 15 is 0 Å². The molecule has 2 heterocycles. The average Bonchev–Trinajstić information content (AvgIpc) is 2.84. The molecule has 0 radical (unpaired) electrons. The number of hydrogen-bond donors (Lipinski definition) is 2. The fourth-order valence-electron chi connectivity index (χ4n) is 3.77. The van der Waals surface area contributed by atoms with Crippen molar-refractivity contribution in [1.82, 2.24) is 4.98 Å². The molecule has 3 N–H and O–H groups in total. The highest BCUT2D eigenvalue weighted by Crippen LogP contribution is 2.32. The van der Waals surface area contributed by atoms with Gasteiger partial charge in [-0.3, -0.25) is 0 Å². The third-order valence-corrected chi connectivity index (χ3v) is 5.35. The number of anilines is 3. The van der Waals surface area contributed by atoms with Gasteiger partial charge in [0.2, 0.25) is 0 Å². The first-order valence-corrected chi connectivity index (χ1v) is 10.3. The Morgan fingerprint density at radius 2 is 1.61 bits per heavy atom. The molecule has 6 nitrogen and oxygen atoms in total. The number of para-hydroxylation sites is 1. The first-order chi connectivity index (χ1) is 16.1. The molecular weight excluding hydrogens is 412 g/mol. The van der Waals surface area contributed by atoms with E-state index in [9.17, 15) is 10.1 Å². The summed E-state index contributed by atoms with van der Waals surface area (Å²) >= 11 is 0. The lowest BCUT2D eigenvalue weighted by Crippen LogP contribution is -2.01. The number of nitrogens with two attached hydrogens (primary N) is 1. The summed E-state index contributed by atoms with van der Waals surface area (Å²) in [6.45, 7) is 0. The molecule has 2 aromatic heterocycles. The molecule has 0 aliphatic heterocycles. The molecular formula is C27H18N4O2. The SMILES string of the molecule is N#Cc1c(-c2ccccc2)cc(-c2ccc(Nc3cc(=O)oc4ccccc34)cc2)nc1N. The third-order valence-electron chi connectivity index (χ3n) is 5.35. The summed E-state index contributed by atoms with van der Waals surface area (Å²) in [5, 5.41) is 13.7. The molecule has 0 fully saturated rings. The quantitative estimate of drug-likeness (QED) is 0.353. The van der Waals surface area contributed by atoms with E-state index in [2.05, 4.69) is 16.4 Å². The molecule has 6 heteroatoms. The van der Waals surface area contributed by atoms with Crippen LogP contribution in [-0.2, 0) is 0 Å². The molecule has 0 spiro atoms. The van der Waals surface area contributed by atoms with Crippen LogP contribution in [0, 0.1) is 11.3 Å². The number of nitriles is 1. The minimum Gasteiger partial charge on any atom is -0.423 e. The average molecular weight is 430 g/mol. The van der Waals surface area contributed by atoms with Crippen molar-refractivity contribution in [2.45, 2.75) is 0 Å². The first-order valence-electron chi connectivity index (χ1n) is 10.3. The predicted molar refractivity (Wildman–Crippen MR) is 130 cm³/mol. The third kappa shape index (κ3) is 3.91. The summed E-state index contributed by atoms with van der Waals surface area (Å²) in [7, 11) is 0. The second-order valence-electron chi connectivity index (χ2n) is 7.47. The maximum atomic E-state index is 11.9. The molecule has 0 bridgehead atoms. The van der Waals surface area contributed by atoms with E-state index in [1.165, 1.54) is 6.07 Å². The van der Waals surface area contributed by atoms with Crippen LogP contribution in [0.5, 0.6) is 0 Å². The van der Waals surface area contributed by atoms with Crippen LogP contribution in [0.2, 0.25) is 0 Å². The Morgan fingerprint density at radius 3 is 2.36 bits per heavy atom. The smallest absolute Gasteiger partial charge is 0.338 e. The zero-order chi connectivity index (χ0) is 22.8. The van der Waals surface area contributed by atoms with E-state index in [0.717, 1.165) is 27.8 Å². The minimum absolute atomic E-state index is 0.193. The molecule has 0 unspecified atom stereocenters. The lowest BCUT2D eigenvalue weighted by Gasteiger charge is -2.12. The summed E-state index contributed by atoms with van der Waals surface area (Å²) in [5.74, 6) is 0.193. The highest BCUT2D eigenvalue weighted by Gasteiger charge is 2.13. The molecule has 3 aromatic carbocycles. The summed E-state index contributed by atoms with van der Waals surface area (Å²) in [6.07, 6.45) is 0. The van der Waals surface area contributed by atoms with Crippen LogP contribution < -0.4 is 16.7 Å². The van der Waals surface area contributed by atoms with E-state index in [0.29, 0.717) is 22.5 Å². The zero-order valence-corrected chi connectivity index (χ0v) is 17.4. The summed E-state index contributed by atoms with van der Waals surface area (Å²) < 4.78 is 5.26. The standard InChI is InChI=1S/C27H18N4O2/c28-16-22-21(17-6-2-1-3-7-17)14-23(31-27(22)29)18-10-12-19(13-11-18)30-24-15-26(32)33-25-9-5-4-8-20(24)25/h1-15,30H,(H2,29,31). The number of hydrogen-bond acceptors (Lipinski definition) is 6. The lowest BCUT2D eigenvalue weighted by molar-refractivity contribution is 0.561. The van der Waals surface area contributed by atoms with Gasteiger partial charge in [-0.15, -0.1) is 0 Å². The van der Waals surface area contributed by atoms with Crippen LogP contribution in [0.3, 0.4) is 0 Å². The van der Waals surface area contributed by atoms with Gasteiger partial charge in [0.25, 0.3) is 0 Å². The lowest BCUT2D eigenvalue weighted by atomic mass is 9.98. The largest absolute Gasteiger partial charge is 0.423 e. The maximum absolute atomic E-state index is 11.9. The van der Waals surface area contributed by atoms with Gasteiger partial charge in [0.15, 0.2) is 0 Å². The minimum atomic E-state index is -0.418. The van der Waals surface area contributed by atoms with Crippen LogP contribution in [0.25, 0.3) is 33.4 Å². The number of aromatic nitrogens is 1.